The maximum absolute atomic E-state index is 5.92. The first-order chi connectivity index (χ1) is 9.79. The molecule has 2 N–H and O–H groups in total. The molecule has 0 unspecified atom stereocenters. The van der Waals surface area contributed by atoms with Crippen LogP contribution in [0.2, 0.25) is 0 Å². The second-order valence-electron chi connectivity index (χ2n) is 4.24. The van der Waals surface area contributed by atoms with Crippen LogP contribution in [0.4, 0.5) is 5.88 Å². The number of benzene rings is 1. The van der Waals surface area contributed by atoms with Crippen LogP contribution in [0.3, 0.4) is 0 Å². The van der Waals surface area contributed by atoms with Gasteiger partial charge in [-0.2, -0.15) is 0 Å². The lowest BCUT2D eigenvalue weighted by molar-refractivity contribution is 0.415. The molecule has 3 rings (SSSR count). The number of rotatable bonds is 3. The van der Waals surface area contributed by atoms with Crippen molar-refractivity contribution in [3.05, 3.63) is 48.8 Å². The summed E-state index contributed by atoms with van der Waals surface area (Å²) in [5, 5.41) is 4.05. The fourth-order valence-electron chi connectivity index (χ4n) is 2.07. The summed E-state index contributed by atoms with van der Waals surface area (Å²) >= 11 is 0. The van der Waals surface area contributed by atoms with Crippen LogP contribution >= 0.6 is 0 Å². The van der Waals surface area contributed by atoms with Gasteiger partial charge in [0.05, 0.1) is 12.7 Å². The zero-order valence-electron chi connectivity index (χ0n) is 10.9. The molecule has 0 aliphatic carbocycles. The van der Waals surface area contributed by atoms with Crippen LogP contribution in [0.1, 0.15) is 0 Å². The Morgan fingerprint density at radius 2 is 1.90 bits per heavy atom. The number of nitrogen functional groups attached to an aromatic ring is 1. The molecule has 0 saturated carbocycles. The molecule has 0 aliphatic heterocycles. The number of anilines is 1. The summed E-state index contributed by atoms with van der Waals surface area (Å²) in [6.07, 6.45) is 3.41. The van der Waals surface area contributed by atoms with Gasteiger partial charge in [0.25, 0.3) is 0 Å². The van der Waals surface area contributed by atoms with Crippen LogP contribution in [0.15, 0.2) is 53.3 Å². The number of hydrogen-bond acceptors (Lipinski definition) is 5. The number of hydrogen-bond donors (Lipinski definition) is 1. The van der Waals surface area contributed by atoms with E-state index < -0.39 is 0 Å². The summed E-state index contributed by atoms with van der Waals surface area (Å²) in [6, 6.07) is 11.3. The predicted molar refractivity (Wildman–Crippen MR) is 76.1 cm³/mol. The van der Waals surface area contributed by atoms with Crippen LogP contribution in [0.5, 0.6) is 5.75 Å². The maximum Gasteiger partial charge on any atom is 0.230 e. The molecule has 20 heavy (non-hydrogen) atoms. The molecule has 0 fully saturated rings. The third-order valence-corrected chi connectivity index (χ3v) is 3.03. The van der Waals surface area contributed by atoms with Crippen molar-refractivity contribution in [2.24, 2.45) is 0 Å². The van der Waals surface area contributed by atoms with Gasteiger partial charge in [0.2, 0.25) is 5.88 Å². The number of nitrogens with two attached hydrogens (primary N) is 1. The normalized spacial score (nSPS) is 10.4. The molecule has 0 aliphatic rings. The fraction of sp³-hybridized carbons (Fsp3) is 0.0667. The summed E-state index contributed by atoms with van der Waals surface area (Å²) in [5.74, 6) is 1.04. The Bertz CT molecular complexity index is 723. The first kappa shape index (κ1) is 12.2. The van der Waals surface area contributed by atoms with Gasteiger partial charge in [-0.3, -0.25) is 4.98 Å². The molecule has 2 heterocycles. The molecule has 2 aromatic heterocycles. The Balaban J connectivity index is 2.16. The lowest BCUT2D eigenvalue weighted by atomic mass is 10.0. The molecule has 100 valence electrons. The van der Waals surface area contributed by atoms with Crippen LogP contribution in [0, 0.1) is 0 Å². The minimum Gasteiger partial charge on any atom is -0.497 e. The molecule has 5 heteroatoms. The average Bonchev–Trinajstić information content (AvgIpc) is 2.90. The fourth-order valence-corrected chi connectivity index (χ4v) is 2.07. The van der Waals surface area contributed by atoms with E-state index in [0.29, 0.717) is 5.69 Å². The van der Waals surface area contributed by atoms with Gasteiger partial charge < -0.3 is 15.0 Å². The number of methoxy groups -OCH3 is 1. The number of ether oxygens (including phenoxy) is 1. The highest BCUT2D eigenvalue weighted by atomic mass is 16.5. The van der Waals surface area contributed by atoms with Crippen molar-refractivity contribution in [1.82, 2.24) is 10.1 Å². The summed E-state index contributed by atoms with van der Waals surface area (Å²) in [4.78, 5) is 4.00. The van der Waals surface area contributed by atoms with E-state index in [2.05, 4.69) is 10.1 Å². The molecule has 0 radical (unpaired) electrons. The highest BCUT2D eigenvalue weighted by molar-refractivity contribution is 5.87. The van der Waals surface area contributed by atoms with E-state index in [0.717, 1.165) is 22.4 Å². The molecule has 5 nitrogen and oxygen atoms in total. The van der Waals surface area contributed by atoms with Crippen molar-refractivity contribution >= 4 is 5.88 Å². The van der Waals surface area contributed by atoms with Crippen molar-refractivity contribution in [2.75, 3.05) is 12.8 Å². The highest BCUT2D eigenvalue weighted by Crippen LogP contribution is 2.37. The van der Waals surface area contributed by atoms with Crippen molar-refractivity contribution in [3.63, 3.8) is 0 Å². The first-order valence-electron chi connectivity index (χ1n) is 6.09. The first-order valence-corrected chi connectivity index (χ1v) is 6.09. The minimum atomic E-state index is 0.282. The maximum atomic E-state index is 5.92. The van der Waals surface area contributed by atoms with E-state index in [9.17, 15) is 0 Å². The van der Waals surface area contributed by atoms with Crippen LogP contribution < -0.4 is 10.5 Å². The standard InChI is InChI=1S/C15H13N3O2/c1-19-12-4-2-3-11(9-12)13-14(18-20-15(13)16)10-5-7-17-8-6-10/h2-9H,16H2,1H3. The molecule has 1 aromatic carbocycles. The zero-order valence-corrected chi connectivity index (χ0v) is 10.9. The lowest BCUT2D eigenvalue weighted by Gasteiger charge is -2.05. The van der Waals surface area contributed by atoms with Gasteiger partial charge in [0, 0.05) is 18.0 Å². The average molecular weight is 267 g/mol. The Morgan fingerprint density at radius 1 is 1.10 bits per heavy atom. The Kier molecular flexibility index (Phi) is 3.09. The monoisotopic (exact) mass is 267 g/mol. The molecule has 0 atom stereocenters. The smallest absolute Gasteiger partial charge is 0.230 e. The second-order valence-corrected chi connectivity index (χ2v) is 4.24. The van der Waals surface area contributed by atoms with E-state index in [1.165, 1.54) is 0 Å². The quantitative estimate of drug-likeness (QED) is 0.789. The number of nitrogens with zero attached hydrogens (tertiary/aromatic N) is 2. The Hall–Kier alpha value is -2.82. The molecule has 0 saturated heterocycles. The van der Waals surface area contributed by atoms with Gasteiger partial charge >= 0.3 is 0 Å². The predicted octanol–water partition coefficient (Wildman–Crippen LogP) is 2.99. The van der Waals surface area contributed by atoms with Crippen molar-refractivity contribution < 1.29 is 9.26 Å². The van der Waals surface area contributed by atoms with Crippen LogP contribution in [0.25, 0.3) is 22.4 Å². The van der Waals surface area contributed by atoms with Gasteiger partial charge in [-0.1, -0.05) is 17.3 Å². The summed E-state index contributed by atoms with van der Waals surface area (Å²) in [7, 11) is 1.62. The highest BCUT2D eigenvalue weighted by Gasteiger charge is 2.17. The Morgan fingerprint density at radius 3 is 2.65 bits per heavy atom. The minimum absolute atomic E-state index is 0.282. The van der Waals surface area contributed by atoms with Gasteiger partial charge in [-0.05, 0) is 29.8 Å². The zero-order chi connectivity index (χ0) is 13.9. The SMILES string of the molecule is COc1cccc(-c2c(-c3ccncc3)noc2N)c1. The Labute approximate surface area is 116 Å². The summed E-state index contributed by atoms with van der Waals surface area (Å²) < 4.78 is 10.4. The molecule has 0 bridgehead atoms. The third-order valence-electron chi connectivity index (χ3n) is 3.03. The van der Waals surface area contributed by atoms with E-state index in [1.54, 1.807) is 19.5 Å². The van der Waals surface area contributed by atoms with Gasteiger partial charge in [-0.25, -0.2) is 0 Å². The molecular weight excluding hydrogens is 254 g/mol. The van der Waals surface area contributed by atoms with E-state index in [4.69, 9.17) is 15.0 Å². The van der Waals surface area contributed by atoms with Crippen molar-refractivity contribution in [1.29, 1.82) is 0 Å². The number of aromatic nitrogens is 2. The van der Waals surface area contributed by atoms with Gasteiger partial charge in [0.1, 0.15) is 11.4 Å². The third kappa shape index (κ3) is 2.09. The lowest BCUT2D eigenvalue weighted by Crippen LogP contribution is -1.89. The van der Waals surface area contributed by atoms with Crippen LogP contribution in [-0.2, 0) is 0 Å². The topological polar surface area (TPSA) is 74.2 Å². The van der Waals surface area contributed by atoms with Gasteiger partial charge in [0.15, 0.2) is 0 Å². The number of pyridine rings is 1. The van der Waals surface area contributed by atoms with Crippen molar-refractivity contribution in [2.45, 2.75) is 0 Å². The largest absolute Gasteiger partial charge is 0.497 e. The summed E-state index contributed by atoms with van der Waals surface area (Å²) in [6.45, 7) is 0. The molecule has 0 amide bonds. The van der Waals surface area contributed by atoms with E-state index in [-0.39, 0.29) is 5.88 Å². The van der Waals surface area contributed by atoms with Gasteiger partial charge in [-0.15, -0.1) is 0 Å². The van der Waals surface area contributed by atoms with Crippen molar-refractivity contribution in [3.8, 4) is 28.1 Å². The molecule has 0 spiro atoms. The molecular formula is C15H13N3O2. The summed E-state index contributed by atoms with van der Waals surface area (Å²) in [5.41, 5.74) is 9.17. The van der Waals surface area contributed by atoms with E-state index >= 15 is 0 Å². The van der Waals surface area contributed by atoms with Crippen LogP contribution in [-0.4, -0.2) is 17.3 Å². The second kappa shape index (κ2) is 5.05. The van der Waals surface area contributed by atoms with E-state index in [1.807, 2.05) is 36.4 Å². The molecule has 3 aromatic rings.